The van der Waals surface area contributed by atoms with E-state index in [9.17, 15) is 17.7 Å². The lowest BCUT2D eigenvalue weighted by Gasteiger charge is -2.12. The second-order valence-corrected chi connectivity index (χ2v) is 9.44. The van der Waals surface area contributed by atoms with Crippen LogP contribution in [0.4, 0.5) is 0 Å². The molecule has 0 heterocycles. The number of benzene rings is 2. The van der Waals surface area contributed by atoms with Gasteiger partial charge in [-0.1, -0.05) is 35.9 Å². The van der Waals surface area contributed by atoms with Crippen LogP contribution in [0.3, 0.4) is 0 Å². The summed E-state index contributed by atoms with van der Waals surface area (Å²) in [6.45, 7) is 3.30. The SMILES string of the molecule is Cc1ccc(S(=O)(=O)N=S(=O)(CC(C)O)c2ccccc2)cc1. The van der Waals surface area contributed by atoms with Crippen LogP contribution in [-0.4, -0.2) is 29.6 Å². The van der Waals surface area contributed by atoms with E-state index >= 15 is 0 Å². The maximum absolute atomic E-state index is 13.1. The Bertz CT molecular complexity index is 879. The summed E-state index contributed by atoms with van der Waals surface area (Å²) in [5.74, 6) is -0.248. The highest BCUT2D eigenvalue weighted by Gasteiger charge is 2.22. The smallest absolute Gasteiger partial charge is 0.290 e. The number of sulfonamides is 1. The molecule has 0 aliphatic heterocycles. The Morgan fingerprint density at radius 1 is 0.957 bits per heavy atom. The average molecular weight is 353 g/mol. The molecule has 5 nitrogen and oxygen atoms in total. The first-order valence-corrected chi connectivity index (χ1v) is 10.2. The summed E-state index contributed by atoms with van der Waals surface area (Å²) < 4.78 is 41.8. The quantitative estimate of drug-likeness (QED) is 0.895. The molecule has 7 heteroatoms. The van der Waals surface area contributed by atoms with Crippen LogP contribution >= 0.6 is 0 Å². The van der Waals surface area contributed by atoms with Crippen molar-refractivity contribution in [3.63, 3.8) is 0 Å². The van der Waals surface area contributed by atoms with Crippen molar-refractivity contribution in [2.24, 2.45) is 3.77 Å². The van der Waals surface area contributed by atoms with Crippen molar-refractivity contribution in [3.8, 4) is 0 Å². The van der Waals surface area contributed by atoms with E-state index in [-0.39, 0.29) is 15.5 Å². The van der Waals surface area contributed by atoms with E-state index in [1.54, 1.807) is 42.5 Å². The van der Waals surface area contributed by atoms with E-state index in [0.717, 1.165) is 5.56 Å². The molecule has 2 rings (SSSR count). The minimum absolute atomic E-state index is 0.0163. The third-order valence-corrected chi connectivity index (χ3v) is 7.68. The van der Waals surface area contributed by atoms with Crippen LogP contribution in [0.5, 0.6) is 0 Å². The molecule has 2 aromatic carbocycles. The van der Waals surface area contributed by atoms with Crippen molar-refractivity contribution in [1.82, 2.24) is 0 Å². The van der Waals surface area contributed by atoms with Gasteiger partial charge in [0.15, 0.2) is 0 Å². The lowest BCUT2D eigenvalue weighted by atomic mass is 10.2. The number of aliphatic hydroxyl groups excluding tert-OH is 1. The second kappa shape index (κ2) is 6.82. The second-order valence-electron chi connectivity index (χ2n) is 5.33. The van der Waals surface area contributed by atoms with E-state index in [4.69, 9.17) is 0 Å². The van der Waals surface area contributed by atoms with Gasteiger partial charge in [-0.25, -0.2) is 4.21 Å². The van der Waals surface area contributed by atoms with Crippen LogP contribution in [-0.2, 0) is 19.8 Å². The molecule has 0 bridgehead atoms. The van der Waals surface area contributed by atoms with Crippen molar-refractivity contribution in [3.05, 3.63) is 60.2 Å². The molecule has 2 atom stereocenters. The molecule has 1 N–H and O–H groups in total. The van der Waals surface area contributed by atoms with Crippen LogP contribution in [0.1, 0.15) is 12.5 Å². The summed E-state index contributed by atoms with van der Waals surface area (Å²) in [7, 11) is -7.39. The lowest BCUT2D eigenvalue weighted by molar-refractivity contribution is 0.219. The first-order valence-electron chi connectivity index (χ1n) is 7.04. The van der Waals surface area contributed by atoms with Crippen LogP contribution in [0, 0.1) is 6.92 Å². The van der Waals surface area contributed by atoms with Gasteiger partial charge in [-0.3, -0.25) is 0 Å². The molecule has 0 amide bonds. The Balaban J connectivity index is 2.61. The van der Waals surface area contributed by atoms with Crippen molar-refractivity contribution in [1.29, 1.82) is 0 Å². The van der Waals surface area contributed by atoms with E-state index in [1.165, 1.54) is 19.1 Å². The Morgan fingerprint density at radius 2 is 1.52 bits per heavy atom. The van der Waals surface area contributed by atoms with Crippen LogP contribution in [0.15, 0.2) is 68.2 Å². The highest BCUT2D eigenvalue weighted by atomic mass is 32.3. The van der Waals surface area contributed by atoms with Crippen LogP contribution in [0.2, 0.25) is 0 Å². The number of rotatable bonds is 5. The zero-order valence-electron chi connectivity index (χ0n) is 12.9. The van der Waals surface area contributed by atoms with E-state index < -0.39 is 25.9 Å². The molecule has 2 aromatic rings. The molecule has 0 aromatic heterocycles. The summed E-state index contributed by atoms with van der Waals surface area (Å²) in [4.78, 5) is 0.272. The highest BCUT2D eigenvalue weighted by molar-refractivity contribution is 8.03. The topological polar surface area (TPSA) is 83.8 Å². The van der Waals surface area contributed by atoms with Crippen LogP contribution in [0.25, 0.3) is 0 Å². The standard InChI is InChI=1S/C16H19NO4S2/c1-13-8-10-16(11-9-13)23(20,21)17-22(19,12-14(2)18)15-6-4-3-5-7-15/h3-11,14,18H,12H2,1-2H3. The number of hydrogen-bond donors (Lipinski definition) is 1. The highest BCUT2D eigenvalue weighted by Crippen LogP contribution is 2.21. The zero-order valence-corrected chi connectivity index (χ0v) is 14.5. The predicted molar refractivity (Wildman–Crippen MR) is 90.2 cm³/mol. The van der Waals surface area contributed by atoms with Gasteiger partial charge in [-0.15, -0.1) is 3.77 Å². The molecule has 0 aliphatic rings. The van der Waals surface area contributed by atoms with E-state index in [0.29, 0.717) is 0 Å². The van der Waals surface area contributed by atoms with E-state index in [1.807, 2.05) is 6.92 Å². The minimum Gasteiger partial charge on any atom is -0.392 e. The summed E-state index contributed by atoms with van der Waals surface area (Å²) in [5, 5.41) is 9.62. The molecule has 0 spiro atoms. The summed E-state index contributed by atoms with van der Waals surface area (Å²) in [5.41, 5.74) is 0.914. The minimum atomic E-state index is -4.09. The fourth-order valence-electron chi connectivity index (χ4n) is 2.04. The molecular weight excluding hydrogens is 334 g/mol. The number of hydrogen-bond acceptors (Lipinski definition) is 4. The van der Waals surface area contributed by atoms with Crippen molar-refractivity contribution >= 4 is 19.8 Å². The van der Waals surface area contributed by atoms with Gasteiger partial charge in [0, 0.05) is 4.90 Å². The first kappa shape index (κ1) is 17.7. The average Bonchev–Trinajstić information content (AvgIpc) is 2.47. The molecule has 0 saturated carbocycles. The fraction of sp³-hybridized carbons (Fsp3) is 0.250. The Kier molecular flexibility index (Phi) is 5.23. The van der Waals surface area contributed by atoms with Gasteiger partial charge < -0.3 is 5.11 Å². The van der Waals surface area contributed by atoms with E-state index in [2.05, 4.69) is 3.77 Å². The molecule has 0 radical (unpaired) electrons. The molecule has 0 aliphatic carbocycles. The molecule has 124 valence electrons. The summed E-state index contributed by atoms with van der Waals surface area (Å²) in [6.07, 6.45) is -0.945. The van der Waals surface area contributed by atoms with Crippen molar-refractivity contribution in [2.75, 3.05) is 5.75 Å². The van der Waals surface area contributed by atoms with Crippen LogP contribution < -0.4 is 0 Å². The molecule has 0 saturated heterocycles. The lowest BCUT2D eigenvalue weighted by Crippen LogP contribution is -2.19. The Morgan fingerprint density at radius 3 is 2.04 bits per heavy atom. The maximum atomic E-state index is 13.1. The van der Waals surface area contributed by atoms with Crippen molar-refractivity contribution in [2.45, 2.75) is 29.7 Å². The summed E-state index contributed by atoms with van der Waals surface area (Å²) >= 11 is 0. The Labute approximate surface area is 137 Å². The maximum Gasteiger partial charge on any atom is 0.290 e. The molecule has 2 unspecified atom stereocenters. The van der Waals surface area contributed by atoms with Gasteiger partial charge in [0.25, 0.3) is 10.0 Å². The van der Waals surface area contributed by atoms with Gasteiger partial charge in [0.1, 0.15) is 0 Å². The largest absolute Gasteiger partial charge is 0.392 e. The number of nitrogens with zero attached hydrogens (tertiary/aromatic N) is 1. The van der Waals surface area contributed by atoms with Gasteiger partial charge in [0.05, 0.1) is 26.5 Å². The molecule has 0 fully saturated rings. The summed E-state index contributed by atoms with van der Waals surface area (Å²) in [6, 6.07) is 14.3. The predicted octanol–water partition coefficient (Wildman–Crippen LogP) is 2.59. The number of aliphatic hydroxyl groups is 1. The molecule has 23 heavy (non-hydrogen) atoms. The van der Waals surface area contributed by atoms with Crippen molar-refractivity contribution < 1.29 is 17.7 Å². The van der Waals surface area contributed by atoms with Gasteiger partial charge >= 0.3 is 0 Å². The third-order valence-electron chi connectivity index (χ3n) is 3.12. The third kappa shape index (κ3) is 4.40. The molecular formula is C16H19NO4S2. The normalized spacial score (nSPS) is 15.6. The van der Waals surface area contributed by atoms with Gasteiger partial charge in [0.2, 0.25) is 0 Å². The Hall–Kier alpha value is -1.70. The van der Waals surface area contributed by atoms with Gasteiger partial charge in [-0.05, 0) is 38.1 Å². The fourth-order valence-corrected chi connectivity index (χ4v) is 6.15. The zero-order chi connectivity index (χ0) is 17.1. The van der Waals surface area contributed by atoms with Gasteiger partial charge in [-0.2, -0.15) is 8.42 Å². The monoisotopic (exact) mass is 353 g/mol. The first-order chi connectivity index (χ1) is 10.7. The number of aryl methyl sites for hydroxylation is 1.